The lowest BCUT2D eigenvalue weighted by Gasteiger charge is -2.00. The highest BCUT2D eigenvalue weighted by Crippen LogP contribution is 2.30. The van der Waals surface area contributed by atoms with Crippen LogP contribution < -0.4 is 0 Å². The first-order valence-corrected chi connectivity index (χ1v) is 7.42. The van der Waals surface area contributed by atoms with E-state index in [1.165, 1.54) is 4.88 Å². The van der Waals surface area contributed by atoms with Crippen LogP contribution in [0.25, 0.3) is 16.2 Å². The summed E-state index contributed by atoms with van der Waals surface area (Å²) in [6.45, 7) is 4.06. The number of aldehydes is 1. The number of aryl methyl sites for hydroxylation is 2. The van der Waals surface area contributed by atoms with Crippen LogP contribution in [0.1, 0.15) is 21.1 Å². The lowest BCUT2D eigenvalue weighted by molar-refractivity contribution is 0.111. The van der Waals surface area contributed by atoms with E-state index in [4.69, 9.17) is 0 Å². The van der Waals surface area contributed by atoms with Gasteiger partial charge in [0.1, 0.15) is 11.4 Å². The van der Waals surface area contributed by atoms with Crippen LogP contribution in [0.2, 0.25) is 0 Å². The molecule has 2 aromatic heterocycles. The van der Waals surface area contributed by atoms with Crippen LogP contribution >= 0.6 is 27.3 Å². The third-order valence-electron chi connectivity index (χ3n) is 3.20. The molecule has 0 N–H and O–H groups in total. The summed E-state index contributed by atoms with van der Waals surface area (Å²) >= 11 is 5.02. The fraction of sp³-hybridized carbons (Fsp3) is 0.143. The molecule has 0 aliphatic rings. The largest absolute Gasteiger partial charge is 0.296 e. The van der Waals surface area contributed by atoms with Crippen molar-refractivity contribution in [2.75, 3.05) is 0 Å². The molecule has 0 atom stereocenters. The van der Waals surface area contributed by atoms with Gasteiger partial charge in [-0.3, -0.25) is 9.20 Å². The summed E-state index contributed by atoms with van der Waals surface area (Å²) in [6.07, 6.45) is 0.885. The minimum atomic E-state index is 0.624. The molecule has 19 heavy (non-hydrogen) atoms. The molecule has 1 aromatic carbocycles. The van der Waals surface area contributed by atoms with E-state index in [-0.39, 0.29) is 0 Å². The molecule has 0 spiro atoms. The van der Waals surface area contributed by atoms with E-state index in [2.05, 4.69) is 20.9 Å². The van der Waals surface area contributed by atoms with Crippen molar-refractivity contribution in [1.29, 1.82) is 0 Å². The molecule has 0 bridgehead atoms. The van der Waals surface area contributed by atoms with E-state index >= 15 is 0 Å². The number of halogens is 1. The van der Waals surface area contributed by atoms with E-state index < -0.39 is 0 Å². The number of rotatable bonds is 2. The molecule has 5 heteroatoms. The number of fused-ring (bicyclic) bond motifs is 1. The maximum absolute atomic E-state index is 11.4. The fourth-order valence-electron chi connectivity index (χ4n) is 2.10. The molecular weight excluding hydrogens is 324 g/mol. The maximum Gasteiger partial charge on any atom is 0.195 e. The second-order valence-corrected chi connectivity index (χ2v) is 6.43. The highest BCUT2D eigenvalue weighted by atomic mass is 79.9. The zero-order chi connectivity index (χ0) is 13.6. The first-order valence-electron chi connectivity index (χ1n) is 5.81. The van der Waals surface area contributed by atoms with Gasteiger partial charge in [0.05, 0.1) is 0 Å². The topological polar surface area (TPSA) is 34.4 Å². The van der Waals surface area contributed by atoms with Gasteiger partial charge in [-0.25, -0.2) is 4.98 Å². The first kappa shape index (κ1) is 12.6. The highest BCUT2D eigenvalue weighted by Gasteiger charge is 2.17. The number of benzene rings is 1. The van der Waals surface area contributed by atoms with Crippen molar-refractivity contribution in [2.45, 2.75) is 13.8 Å². The molecule has 3 aromatic rings. The Kier molecular flexibility index (Phi) is 3.03. The van der Waals surface area contributed by atoms with Crippen molar-refractivity contribution in [3.63, 3.8) is 0 Å². The molecule has 0 radical (unpaired) electrons. The summed E-state index contributed by atoms with van der Waals surface area (Å²) in [4.78, 5) is 18.1. The van der Waals surface area contributed by atoms with Crippen molar-refractivity contribution in [1.82, 2.24) is 9.38 Å². The van der Waals surface area contributed by atoms with Gasteiger partial charge in [-0.05, 0) is 26.0 Å². The minimum Gasteiger partial charge on any atom is -0.296 e. The van der Waals surface area contributed by atoms with E-state index in [1.54, 1.807) is 11.3 Å². The highest BCUT2D eigenvalue weighted by molar-refractivity contribution is 9.10. The van der Waals surface area contributed by atoms with Crippen LogP contribution in [-0.4, -0.2) is 15.7 Å². The molecule has 0 fully saturated rings. The number of hydrogen-bond acceptors (Lipinski definition) is 3. The average Bonchev–Trinajstić information content (AvgIpc) is 2.88. The van der Waals surface area contributed by atoms with Gasteiger partial charge in [-0.15, -0.1) is 11.3 Å². The van der Waals surface area contributed by atoms with Crippen LogP contribution in [0.5, 0.6) is 0 Å². The summed E-state index contributed by atoms with van der Waals surface area (Å²) in [5.41, 5.74) is 3.41. The number of thiazole rings is 1. The summed E-state index contributed by atoms with van der Waals surface area (Å²) in [7, 11) is 0. The fourth-order valence-corrected chi connectivity index (χ4v) is 3.34. The van der Waals surface area contributed by atoms with E-state index in [0.29, 0.717) is 5.69 Å². The summed E-state index contributed by atoms with van der Waals surface area (Å²) in [5, 5.41) is 0. The van der Waals surface area contributed by atoms with Crippen LogP contribution in [0.15, 0.2) is 28.7 Å². The molecule has 0 saturated carbocycles. The normalized spacial score (nSPS) is 11.1. The molecule has 3 nitrogen and oxygen atoms in total. The molecule has 0 amide bonds. The number of hydrogen-bond donors (Lipinski definition) is 0. The Morgan fingerprint density at radius 1 is 1.26 bits per heavy atom. The van der Waals surface area contributed by atoms with Crippen LogP contribution in [-0.2, 0) is 0 Å². The van der Waals surface area contributed by atoms with Gasteiger partial charge >= 0.3 is 0 Å². The molecule has 2 heterocycles. The second kappa shape index (κ2) is 4.58. The lowest BCUT2D eigenvalue weighted by Crippen LogP contribution is -1.94. The predicted octanol–water partition coefficient (Wildman–Crippen LogP) is 4.25. The zero-order valence-electron chi connectivity index (χ0n) is 10.5. The molecular formula is C14H11BrN2OS. The van der Waals surface area contributed by atoms with Crippen molar-refractivity contribution in [3.05, 3.63) is 45.0 Å². The number of aromatic nitrogens is 2. The van der Waals surface area contributed by atoms with Gasteiger partial charge in [-0.2, -0.15) is 0 Å². The summed E-state index contributed by atoms with van der Waals surface area (Å²) in [5.74, 6) is 0. The predicted molar refractivity (Wildman–Crippen MR) is 81.1 cm³/mol. The van der Waals surface area contributed by atoms with Crippen molar-refractivity contribution in [3.8, 4) is 11.3 Å². The average molecular weight is 335 g/mol. The molecule has 3 rings (SSSR count). The number of carbonyl (C=O) groups is 1. The molecule has 0 saturated heterocycles. The van der Waals surface area contributed by atoms with E-state index in [1.807, 2.05) is 42.5 Å². The quantitative estimate of drug-likeness (QED) is 0.656. The maximum atomic E-state index is 11.4. The summed E-state index contributed by atoms with van der Waals surface area (Å²) < 4.78 is 2.95. The van der Waals surface area contributed by atoms with E-state index in [0.717, 1.165) is 32.7 Å². The minimum absolute atomic E-state index is 0.624. The van der Waals surface area contributed by atoms with Gasteiger partial charge in [0.2, 0.25) is 0 Å². The first-order chi connectivity index (χ1) is 9.11. The van der Waals surface area contributed by atoms with Crippen molar-refractivity contribution >= 4 is 38.5 Å². The monoisotopic (exact) mass is 334 g/mol. The van der Waals surface area contributed by atoms with Crippen molar-refractivity contribution in [2.24, 2.45) is 0 Å². The van der Waals surface area contributed by atoms with Gasteiger partial charge in [0.25, 0.3) is 0 Å². The number of nitrogens with zero attached hydrogens (tertiary/aromatic N) is 2. The standard InChI is InChI=1S/C14H11BrN2OS/c1-8-9(2)19-14-16-13(12(7-18)17(8)14)10-3-5-11(15)6-4-10/h3-7H,1-2H3. The molecule has 96 valence electrons. The Bertz CT molecular complexity index is 771. The Morgan fingerprint density at radius 3 is 2.58 bits per heavy atom. The third-order valence-corrected chi connectivity index (χ3v) is 4.79. The Hall–Kier alpha value is -1.46. The van der Waals surface area contributed by atoms with Gasteiger partial charge < -0.3 is 0 Å². The molecule has 0 aliphatic carbocycles. The Balaban J connectivity index is 2.30. The van der Waals surface area contributed by atoms with Gasteiger partial charge in [0.15, 0.2) is 11.2 Å². The van der Waals surface area contributed by atoms with Crippen LogP contribution in [0.4, 0.5) is 0 Å². The lowest BCUT2D eigenvalue weighted by atomic mass is 10.1. The van der Waals surface area contributed by atoms with Crippen LogP contribution in [0.3, 0.4) is 0 Å². The van der Waals surface area contributed by atoms with Gasteiger partial charge in [0, 0.05) is 20.6 Å². The molecule has 0 unspecified atom stereocenters. The third kappa shape index (κ3) is 1.93. The number of imidazole rings is 1. The molecule has 0 aliphatic heterocycles. The Morgan fingerprint density at radius 2 is 1.95 bits per heavy atom. The summed E-state index contributed by atoms with van der Waals surface area (Å²) in [6, 6.07) is 7.84. The van der Waals surface area contributed by atoms with E-state index in [9.17, 15) is 4.79 Å². The Labute approximate surface area is 123 Å². The zero-order valence-corrected chi connectivity index (χ0v) is 12.9. The smallest absolute Gasteiger partial charge is 0.195 e. The van der Waals surface area contributed by atoms with Crippen molar-refractivity contribution < 1.29 is 4.79 Å². The number of carbonyl (C=O) groups excluding carboxylic acids is 1. The SMILES string of the molecule is Cc1sc2nc(-c3ccc(Br)cc3)c(C=O)n2c1C. The second-order valence-electron chi connectivity index (χ2n) is 4.33. The van der Waals surface area contributed by atoms with Crippen LogP contribution in [0, 0.1) is 13.8 Å². The van der Waals surface area contributed by atoms with Gasteiger partial charge in [-0.1, -0.05) is 28.1 Å².